The molecule has 28 heavy (non-hydrogen) atoms. The molecule has 0 unspecified atom stereocenters. The summed E-state index contributed by atoms with van der Waals surface area (Å²) >= 11 is 0. The van der Waals surface area contributed by atoms with Crippen molar-refractivity contribution in [3.63, 3.8) is 0 Å². The van der Waals surface area contributed by atoms with E-state index in [1.54, 1.807) is 42.6 Å². The van der Waals surface area contributed by atoms with E-state index in [0.717, 1.165) is 19.5 Å². The van der Waals surface area contributed by atoms with Crippen LogP contribution >= 0.6 is 0 Å². The van der Waals surface area contributed by atoms with E-state index < -0.39 is 0 Å². The average Bonchev–Trinajstić information content (AvgIpc) is 2.73. The zero-order chi connectivity index (χ0) is 19.9. The number of aromatic nitrogens is 1. The minimum atomic E-state index is -0.188. The smallest absolute Gasteiger partial charge is 0.270 e. The Kier molecular flexibility index (Phi) is 6.62. The van der Waals surface area contributed by atoms with E-state index in [2.05, 4.69) is 35.1 Å². The number of carbonyl (C=O) groups excluding carboxylic acids is 1. The highest BCUT2D eigenvalue weighted by atomic mass is 16.5. The Bertz CT molecular complexity index is 842. The maximum atomic E-state index is 12.5. The molecule has 1 aromatic carbocycles. The van der Waals surface area contributed by atoms with E-state index in [9.17, 15) is 4.79 Å². The summed E-state index contributed by atoms with van der Waals surface area (Å²) in [5.74, 6) is 1.42. The number of amides is 1. The maximum Gasteiger partial charge on any atom is 0.270 e. The Balaban J connectivity index is 1.56. The average molecular weight is 378 g/mol. The molecule has 2 heterocycles. The van der Waals surface area contributed by atoms with Crippen LogP contribution < -0.4 is 10.1 Å². The topological polar surface area (TPSA) is 78.3 Å². The van der Waals surface area contributed by atoms with Crippen LogP contribution in [0.1, 0.15) is 42.7 Å². The van der Waals surface area contributed by atoms with Crippen molar-refractivity contribution in [1.29, 1.82) is 5.26 Å². The van der Waals surface area contributed by atoms with Crippen LogP contribution in [0.3, 0.4) is 0 Å². The number of piperidine rings is 1. The van der Waals surface area contributed by atoms with Crippen LogP contribution in [0.15, 0.2) is 42.6 Å². The van der Waals surface area contributed by atoms with Gasteiger partial charge in [-0.15, -0.1) is 0 Å². The normalized spacial score (nSPS) is 17.1. The van der Waals surface area contributed by atoms with Gasteiger partial charge >= 0.3 is 0 Å². The monoisotopic (exact) mass is 378 g/mol. The number of nitrogens with one attached hydrogen (secondary N) is 1. The number of hydrogen-bond acceptors (Lipinski definition) is 5. The molecule has 146 valence electrons. The van der Waals surface area contributed by atoms with Gasteiger partial charge in [0, 0.05) is 31.4 Å². The van der Waals surface area contributed by atoms with Crippen molar-refractivity contribution in [2.75, 3.05) is 19.6 Å². The van der Waals surface area contributed by atoms with Gasteiger partial charge in [-0.1, -0.05) is 0 Å². The first-order valence-corrected chi connectivity index (χ1v) is 9.71. The molecule has 6 nitrogen and oxygen atoms in total. The van der Waals surface area contributed by atoms with Gasteiger partial charge < -0.3 is 15.0 Å². The number of likely N-dealkylation sites (tertiary alicyclic amines) is 1. The Morgan fingerprint density at radius 2 is 2.11 bits per heavy atom. The van der Waals surface area contributed by atoms with Gasteiger partial charge in [-0.3, -0.25) is 9.78 Å². The third-order valence-corrected chi connectivity index (χ3v) is 5.02. The predicted octanol–water partition coefficient (Wildman–Crippen LogP) is 3.60. The third kappa shape index (κ3) is 5.30. The number of pyridine rings is 1. The Morgan fingerprint density at radius 3 is 2.82 bits per heavy atom. The van der Waals surface area contributed by atoms with Crippen molar-refractivity contribution in [2.24, 2.45) is 5.92 Å². The van der Waals surface area contributed by atoms with E-state index in [1.807, 2.05) is 0 Å². The second kappa shape index (κ2) is 9.34. The molecular weight excluding hydrogens is 352 g/mol. The third-order valence-electron chi connectivity index (χ3n) is 5.02. The molecular formula is C22H26N4O2. The molecule has 6 heteroatoms. The van der Waals surface area contributed by atoms with E-state index in [1.165, 1.54) is 6.42 Å². The van der Waals surface area contributed by atoms with E-state index in [4.69, 9.17) is 10.00 Å². The SMILES string of the molecule is CC(C)N1CCC[C@H](CNC(=O)c2cc(Oc3ccc(C#N)cc3)ccn2)C1. The van der Waals surface area contributed by atoms with Crippen LogP contribution in [-0.2, 0) is 0 Å². The molecule has 1 atom stereocenters. The van der Waals surface area contributed by atoms with E-state index in [0.29, 0.717) is 41.3 Å². The number of hydrogen-bond donors (Lipinski definition) is 1. The van der Waals surface area contributed by atoms with Crippen molar-refractivity contribution in [3.05, 3.63) is 53.9 Å². The van der Waals surface area contributed by atoms with Crippen LogP contribution in [0.25, 0.3) is 0 Å². The molecule has 1 N–H and O–H groups in total. The molecule has 0 bridgehead atoms. The van der Waals surface area contributed by atoms with Crippen LogP contribution in [0.5, 0.6) is 11.5 Å². The lowest BCUT2D eigenvalue weighted by atomic mass is 9.97. The fourth-order valence-electron chi connectivity index (χ4n) is 3.39. The van der Waals surface area contributed by atoms with Gasteiger partial charge in [0.1, 0.15) is 17.2 Å². The summed E-state index contributed by atoms with van der Waals surface area (Å²) in [5, 5.41) is 11.9. The highest BCUT2D eigenvalue weighted by molar-refractivity contribution is 5.92. The van der Waals surface area contributed by atoms with Crippen LogP contribution in [-0.4, -0.2) is 41.5 Å². The second-order valence-corrected chi connectivity index (χ2v) is 7.42. The molecule has 1 aromatic heterocycles. The van der Waals surface area contributed by atoms with Gasteiger partial charge in [-0.25, -0.2) is 0 Å². The molecule has 3 rings (SSSR count). The van der Waals surface area contributed by atoms with E-state index >= 15 is 0 Å². The highest BCUT2D eigenvalue weighted by Crippen LogP contribution is 2.22. The number of ether oxygens (including phenoxy) is 1. The zero-order valence-corrected chi connectivity index (χ0v) is 16.4. The summed E-state index contributed by atoms with van der Waals surface area (Å²) < 4.78 is 5.77. The highest BCUT2D eigenvalue weighted by Gasteiger charge is 2.22. The molecule has 1 fully saturated rings. The molecule has 1 saturated heterocycles. The summed E-state index contributed by atoms with van der Waals surface area (Å²) in [7, 11) is 0. The summed E-state index contributed by atoms with van der Waals surface area (Å²) in [6, 6.07) is 12.8. The molecule has 2 aromatic rings. The van der Waals surface area contributed by atoms with Crippen LogP contribution in [0, 0.1) is 17.2 Å². The molecule has 0 aliphatic carbocycles. The number of rotatable bonds is 6. The summed E-state index contributed by atoms with van der Waals surface area (Å²) in [4.78, 5) is 19.1. The maximum absolute atomic E-state index is 12.5. The molecule has 1 aliphatic heterocycles. The number of benzene rings is 1. The minimum absolute atomic E-state index is 0.188. The predicted molar refractivity (Wildman–Crippen MR) is 107 cm³/mol. The van der Waals surface area contributed by atoms with Crippen molar-refractivity contribution in [3.8, 4) is 17.6 Å². The van der Waals surface area contributed by atoms with Crippen LogP contribution in [0.2, 0.25) is 0 Å². The van der Waals surface area contributed by atoms with Crippen molar-refractivity contribution < 1.29 is 9.53 Å². The zero-order valence-electron chi connectivity index (χ0n) is 16.4. The van der Waals surface area contributed by atoms with Gasteiger partial charge in [0.15, 0.2) is 0 Å². The van der Waals surface area contributed by atoms with E-state index in [-0.39, 0.29) is 5.91 Å². The number of nitrogens with zero attached hydrogens (tertiary/aromatic N) is 3. The van der Waals surface area contributed by atoms with Crippen molar-refractivity contribution in [1.82, 2.24) is 15.2 Å². The van der Waals surface area contributed by atoms with Gasteiger partial charge in [0.25, 0.3) is 5.91 Å². The number of carbonyl (C=O) groups is 1. The Labute approximate surface area is 166 Å². The second-order valence-electron chi connectivity index (χ2n) is 7.42. The summed E-state index contributed by atoms with van der Waals surface area (Å²) in [6.07, 6.45) is 3.87. The molecule has 1 amide bonds. The van der Waals surface area contributed by atoms with Gasteiger partial charge in [0.05, 0.1) is 11.6 Å². The van der Waals surface area contributed by atoms with Crippen LogP contribution in [0.4, 0.5) is 0 Å². The van der Waals surface area contributed by atoms with Crippen molar-refractivity contribution >= 4 is 5.91 Å². The molecule has 0 saturated carbocycles. The lowest BCUT2D eigenvalue weighted by Crippen LogP contribution is -2.43. The molecule has 0 spiro atoms. The van der Waals surface area contributed by atoms with Gasteiger partial charge in [-0.05, 0) is 69.5 Å². The molecule has 1 aliphatic rings. The van der Waals surface area contributed by atoms with Gasteiger partial charge in [0.2, 0.25) is 0 Å². The first-order valence-electron chi connectivity index (χ1n) is 9.71. The quantitative estimate of drug-likeness (QED) is 0.831. The summed E-state index contributed by atoms with van der Waals surface area (Å²) in [6.45, 7) is 7.24. The minimum Gasteiger partial charge on any atom is -0.457 e. The van der Waals surface area contributed by atoms with Crippen molar-refractivity contribution in [2.45, 2.75) is 32.7 Å². The lowest BCUT2D eigenvalue weighted by Gasteiger charge is -2.35. The lowest BCUT2D eigenvalue weighted by molar-refractivity contribution is 0.0917. The standard InChI is InChI=1S/C22H26N4O2/c1-16(2)26-11-3-4-18(15-26)14-25-22(27)21-12-20(9-10-24-21)28-19-7-5-17(13-23)6-8-19/h5-10,12,16,18H,3-4,11,14-15H2,1-2H3,(H,25,27)/t18-/m1/s1. The Hall–Kier alpha value is -2.91. The van der Waals surface area contributed by atoms with Gasteiger partial charge in [-0.2, -0.15) is 5.26 Å². The fourth-order valence-corrected chi connectivity index (χ4v) is 3.39. The fraction of sp³-hybridized carbons (Fsp3) is 0.409. The first kappa shape index (κ1) is 19.8. The largest absolute Gasteiger partial charge is 0.457 e. The molecule has 0 radical (unpaired) electrons. The summed E-state index contributed by atoms with van der Waals surface area (Å²) in [5.41, 5.74) is 0.906. The Morgan fingerprint density at radius 1 is 1.32 bits per heavy atom. The number of nitriles is 1. The first-order chi connectivity index (χ1) is 13.5.